The number of aromatic nitrogens is 1. The molecule has 2 rings (SSSR count). The van der Waals surface area contributed by atoms with Gasteiger partial charge < -0.3 is 9.72 Å². The molecular weight excluding hydrogens is 226 g/mol. The van der Waals surface area contributed by atoms with Crippen molar-refractivity contribution >= 4 is 10.9 Å². The van der Waals surface area contributed by atoms with Gasteiger partial charge in [-0.15, -0.1) is 0 Å². The molecule has 2 aromatic rings. The number of ether oxygens (including phenoxy) is 1. The Morgan fingerprint density at radius 2 is 2.06 bits per heavy atom. The van der Waals surface area contributed by atoms with Crippen molar-refractivity contribution in [3.63, 3.8) is 0 Å². The number of benzene rings is 1. The Morgan fingerprint density at radius 1 is 1.22 bits per heavy atom. The van der Waals surface area contributed by atoms with E-state index in [0.29, 0.717) is 0 Å². The highest BCUT2D eigenvalue weighted by atomic mass is 16.5. The Morgan fingerprint density at radius 3 is 2.78 bits per heavy atom. The second-order valence-electron chi connectivity index (χ2n) is 4.53. The summed E-state index contributed by atoms with van der Waals surface area (Å²) in [5.74, 6) is 0.767. The summed E-state index contributed by atoms with van der Waals surface area (Å²) < 4.78 is 5.18. The Balaban J connectivity index is 2.42. The fraction of sp³-hybridized carbons (Fsp3) is 0.400. The smallest absolute Gasteiger partial charge is 0.248 e. The molecule has 0 amide bonds. The Hall–Kier alpha value is -1.77. The number of pyridine rings is 1. The van der Waals surface area contributed by atoms with E-state index in [4.69, 9.17) is 4.74 Å². The van der Waals surface area contributed by atoms with Crippen LogP contribution in [0.2, 0.25) is 0 Å². The van der Waals surface area contributed by atoms with Crippen LogP contribution in [0.15, 0.2) is 29.1 Å². The van der Waals surface area contributed by atoms with Crippen LogP contribution < -0.4 is 10.3 Å². The van der Waals surface area contributed by atoms with Crippen LogP contribution in [0.3, 0.4) is 0 Å². The first-order valence-corrected chi connectivity index (χ1v) is 6.44. The van der Waals surface area contributed by atoms with Crippen molar-refractivity contribution in [2.75, 3.05) is 7.11 Å². The summed E-state index contributed by atoms with van der Waals surface area (Å²) in [6.45, 7) is 2.18. The van der Waals surface area contributed by atoms with Gasteiger partial charge in [-0.2, -0.15) is 0 Å². The van der Waals surface area contributed by atoms with Crippen molar-refractivity contribution in [2.24, 2.45) is 0 Å². The number of unbranched alkanes of at least 4 members (excludes halogenated alkanes) is 2. The Labute approximate surface area is 107 Å². The lowest BCUT2D eigenvalue weighted by molar-refractivity contribution is 0.415. The molecule has 0 aliphatic carbocycles. The highest BCUT2D eigenvalue weighted by molar-refractivity contribution is 5.83. The SMILES string of the molecule is CCCCCc1cc(=O)[nH]c2cc(OC)ccc12. The maximum absolute atomic E-state index is 11.6. The lowest BCUT2D eigenvalue weighted by Crippen LogP contribution is -2.06. The van der Waals surface area contributed by atoms with E-state index in [9.17, 15) is 4.79 Å². The summed E-state index contributed by atoms with van der Waals surface area (Å²) >= 11 is 0. The van der Waals surface area contributed by atoms with Gasteiger partial charge in [-0.05, 0) is 30.5 Å². The van der Waals surface area contributed by atoms with Gasteiger partial charge in [0.2, 0.25) is 5.56 Å². The number of hydrogen-bond donors (Lipinski definition) is 1. The summed E-state index contributed by atoms with van der Waals surface area (Å²) in [7, 11) is 1.63. The van der Waals surface area contributed by atoms with Crippen LogP contribution in [0.5, 0.6) is 5.75 Å². The van der Waals surface area contributed by atoms with E-state index in [1.807, 2.05) is 18.2 Å². The molecule has 3 heteroatoms. The van der Waals surface area contributed by atoms with E-state index in [-0.39, 0.29) is 5.56 Å². The second kappa shape index (κ2) is 5.71. The molecule has 0 radical (unpaired) electrons. The molecule has 1 aromatic heterocycles. The molecule has 1 aromatic carbocycles. The third-order valence-electron chi connectivity index (χ3n) is 3.19. The van der Waals surface area contributed by atoms with Crippen molar-refractivity contribution < 1.29 is 4.74 Å². The van der Waals surface area contributed by atoms with Gasteiger partial charge in [0, 0.05) is 17.5 Å². The van der Waals surface area contributed by atoms with Gasteiger partial charge in [0.1, 0.15) is 5.75 Å². The summed E-state index contributed by atoms with van der Waals surface area (Å²) in [6.07, 6.45) is 4.47. The fourth-order valence-electron chi connectivity index (χ4n) is 2.21. The van der Waals surface area contributed by atoms with Crippen molar-refractivity contribution in [2.45, 2.75) is 32.6 Å². The number of aryl methyl sites for hydroxylation is 1. The Kier molecular flexibility index (Phi) is 4.03. The van der Waals surface area contributed by atoms with Crippen molar-refractivity contribution in [3.05, 3.63) is 40.2 Å². The van der Waals surface area contributed by atoms with E-state index in [0.717, 1.165) is 35.1 Å². The number of methoxy groups -OCH3 is 1. The van der Waals surface area contributed by atoms with Gasteiger partial charge in [0.05, 0.1) is 12.6 Å². The zero-order valence-electron chi connectivity index (χ0n) is 11.0. The van der Waals surface area contributed by atoms with E-state index < -0.39 is 0 Å². The van der Waals surface area contributed by atoms with Crippen LogP contribution >= 0.6 is 0 Å². The molecular formula is C15H19NO2. The highest BCUT2D eigenvalue weighted by Gasteiger charge is 2.04. The zero-order chi connectivity index (χ0) is 13.0. The molecule has 1 N–H and O–H groups in total. The summed E-state index contributed by atoms with van der Waals surface area (Å²) in [4.78, 5) is 14.5. The second-order valence-corrected chi connectivity index (χ2v) is 4.53. The predicted molar refractivity (Wildman–Crippen MR) is 74.3 cm³/mol. The number of rotatable bonds is 5. The topological polar surface area (TPSA) is 42.1 Å². The van der Waals surface area contributed by atoms with Crippen molar-refractivity contribution in [1.82, 2.24) is 4.98 Å². The predicted octanol–water partition coefficient (Wildman–Crippen LogP) is 3.27. The molecule has 0 spiro atoms. The molecule has 18 heavy (non-hydrogen) atoms. The summed E-state index contributed by atoms with van der Waals surface area (Å²) in [5, 5.41) is 1.12. The fourth-order valence-corrected chi connectivity index (χ4v) is 2.21. The molecule has 96 valence electrons. The third-order valence-corrected chi connectivity index (χ3v) is 3.19. The number of aromatic amines is 1. The molecule has 3 nitrogen and oxygen atoms in total. The van der Waals surface area contributed by atoms with Crippen LogP contribution in [-0.2, 0) is 6.42 Å². The van der Waals surface area contributed by atoms with Gasteiger partial charge in [-0.1, -0.05) is 19.8 Å². The monoisotopic (exact) mass is 245 g/mol. The molecule has 0 fully saturated rings. The molecule has 0 aliphatic heterocycles. The lowest BCUT2D eigenvalue weighted by atomic mass is 10.0. The van der Waals surface area contributed by atoms with Crippen molar-refractivity contribution in [3.8, 4) is 5.75 Å². The molecule has 0 aliphatic rings. The van der Waals surface area contributed by atoms with Gasteiger partial charge in [0.25, 0.3) is 0 Å². The van der Waals surface area contributed by atoms with Gasteiger partial charge in [0.15, 0.2) is 0 Å². The number of H-pyrrole nitrogens is 1. The zero-order valence-corrected chi connectivity index (χ0v) is 11.0. The average Bonchev–Trinajstić information content (AvgIpc) is 2.38. The van der Waals surface area contributed by atoms with Crippen LogP contribution in [0.1, 0.15) is 31.7 Å². The highest BCUT2D eigenvalue weighted by Crippen LogP contribution is 2.22. The van der Waals surface area contributed by atoms with Crippen LogP contribution in [0.4, 0.5) is 0 Å². The normalized spacial score (nSPS) is 10.8. The van der Waals surface area contributed by atoms with Crippen LogP contribution in [-0.4, -0.2) is 12.1 Å². The molecule has 0 bridgehead atoms. The maximum atomic E-state index is 11.6. The van der Waals surface area contributed by atoms with E-state index in [1.54, 1.807) is 13.2 Å². The van der Waals surface area contributed by atoms with E-state index in [1.165, 1.54) is 12.8 Å². The minimum atomic E-state index is -0.0396. The number of hydrogen-bond acceptors (Lipinski definition) is 2. The Bertz CT molecular complexity index is 587. The molecule has 1 heterocycles. The average molecular weight is 245 g/mol. The minimum absolute atomic E-state index is 0.0396. The molecule has 0 saturated heterocycles. The summed E-state index contributed by atoms with van der Waals surface area (Å²) in [5.41, 5.74) is 1.94. The van der Waals surface area contributed by atoms with E-state index >= 15 is 0 Å². The molecule has 0 unspecified atom stereocenters. The van der Waals surface area contributed by atoms with Gasteiger partial charge >= 0.3 is 0 Å². The third kappa shape index (κ3) is 2.73. The first-order valence-electron chi connectivity index (χ1n) is 6.44. The van der Waals surface area contributed by atoms with E-state index in [2.05, 4.69) is 11.9 Å². The lowest BCUT2D eigenvalue weighted by Gasteiger charge is -2.07. The largest absolute Gasteiger partial charge is 0.497 e. The maximum Gasteiger partial charge on any atom is 0.248 e. The van der Waals surface area contributed by atoms with Crippen LogP contribution in [0, 0.1) is 0 Å². The molecule has 0 atom stereocenters. The quantitative estimate of drug-likeness (QED) is 0.821. The number of fused-ring (bicyclic) bond motifs is 1. The minimum Gasteiger partial charge on any atom is -0.497 e. The first-order chi connectivity index (χ1) is 8.74. The van der Waals surface area contributed by atoms with Crippen molar-refractivity contribution in [1.29, 1.82) is 0 Å². The first kappa shape index (κ1) is 12.7. The molecule has 0 saturated carbocycles. The van der Waals surface area contributed by atoms with Gasteiger partial charge in [-0.25, -0.2) is 0 Å². The van der Waals surface area contributed by atoms with Crippen LogP contribution in [0.25, 0.3) is 10.9 Å². The summed E-state index contributed by atoms with van der Waals surface area (Å²) in [6, 6.07) is 7.54. The van der Waals surface area contributed by atoms with Gasteiger partial charge in [-0.3, -0.25) is 4.79 Å². The number of nitrogens with one attached hydrogen (secondary N) is 1. The standard InChI is InChI=1S/C15H19NO2/c1-3-4-5-6-11-9-15(17)16-14-10-12(18-2)7-8-13(11)14/h7-10H,3-6H2,1-2H3,(H,16,17).